The lowest BCUT2D eigenvalue weighted by molar-refractivity contribution is 0.102. The van der Waals surface area contributed by atoms with Gasteiger partial charge >= 0.3 is 0 Å². The molecule has 0 saturated carbocycles. The second-order valence-corrected chi connectivity index (χ2v) is 5.54. The Bertz CT molecular complexity index is 857. The van der Waals surface area contributed by atoms with Crippen LogP contribution in [0.1, 0.15) is 34.8 Å². The topological polar surface area (TPSA) is 88.7 Å². The number of hydrogen-bond acceptors (Lipinski definition) is 4. The van der Waals surface area contributed by atoms with Crippen molar-refractivity contribution in [3.05, 3.63) is 41.7 Å². The maximum Gasteiger partial charge on any atom is 0.259 e. The van der Waals surface area contributed by atoms with Gasteiger partial charge in [-0.05, 0) is 13.8 Å². The zero-order valence-electron chi connectivity index (χ0n) is 12.3. The zero-order valence-corrected chi connectivity index (χ0v) is 12.3. The number of carbonyl (C=O) groups excluding carboxylic acids is 1. The number of rotatable bonds is 2. The molecule has 0 fully saturated rings. The van der Waals surface area contributed by atoms with E-state index in [2.05, 4.69) is 31.9 Å². The summed E-state index contributed by atoms with van der Waals surface area (Å²) in [5.41, 5.74) is 2.46. The molecule has 0 aliphatic carbocycles. The van der Waals surface area contributed by atoms with E-state index in [1.807, 2.05) is 6.20 Å². The van der Waals surface area contributed by atoms with Crippen molar-refractivity contribution in [3.8, 4) is 11.4 Å². The highest BCUT2D eigenvalue weighted by Gasteiger charge is 2.28. The second kappa shape index (κ2) is 4.59. The van der Waals surface area contributed by atoms with Crippen LogP contribution in [0.25, 0.3) is 11.4 Å². The van der Waals surface area contributed by atoms with Gasteiger partial charge < -0.3 is 19.4 Å². The summed E-state index contributed by atoms with van der Waals surface area (Å²) in [6.07, 6.45) is 6.27. The Morgan fingerprint density at radius 2 is 2.41 bits per heavy atom. The van der Waals surface area contributed by atoms with Gasteiger partial charge in [0.05, 0.1) is 11.1 Å². The van der Waals surface area contributed by atoms with Crippen LogP contribution < -0.4 is 5.32 Å². The van der Waals surface area contributed by atoms with Gasteiger partial charge in [0.1, 0.15) is 11.6 Å². The van der Waals surface area contributed by atoms with E-state index >= 15 is 0 Å². The number of anilines is 1. The SMILES string of the molecule is Cc1cc(NC(=O)c2c[nH]c3c2-c2nccn2[C@H](C)C3)no1. The number of aromatic amines is 1. The van der Waals surface area contributed by atoms with Crippen LogP contribution in [0.2, 0.25) is 0 Å². The number of hydrogen-bond donors (Lipinski definition) is 2. The first-order valence-electron chi connectivity index (χ1n) is 7.11. The highest BCUT2D eigenvalue weighted by Crippen LogP contribution is 2.35. The van der Waals surface area contributed by atoms with Crippen molar-refractivity contribution >= 4 is 11.7 Å². The third-order valence-electron chi connectivity index (χ3n) is 3.94. The average molecular weight is 297 g/mol. The lowest BCUT2D eigenvalue weighted by atomic mass is 10.0. The minimum atomic E-state index is -0.227. The normalized spacial score (nSPS) is 16.2. The van der Waals surface area contributed by atoms with Crippen LogP contribution in [0.4, 0.5) is 5.82 Å². The number of aromatic nitrogens is 4. The molecule has 0 aromatic carbocycles. The third-order valence-corrected chi connectivity index (χ3v) is 3.94. The van der Waals surface area contributed by atoms with Gasteiger partial charge in [-0.15, -0.1) is 0 Å². The molecule has 1 aliphatic heterocycles. The zero-order chi connectivity index (χ0) is 15.3. The second-order valence-electron chi connectivity index (χ2n) is 5.54. The monoisotopic (exact) mass is 297 g/mol. The molecule has 22 heavy (non-hydrogen) atoms. The molecule has 4 heterocycles. The third kappa shape index (κ3) is 1.86. The summed E-state index contributed by atoms with van der Waals surface area (Å²) in [6.45, 7) is 3.91. The lowest BCUT2D eigenvalue weighted by Crippen LogP contribution is -2.18. The summed E-state index contributed by atoms with van der Waals surface area (Å²) in [4.78, 5) is 20.1. The molecule has 0 bridgehead atoms. The summed E-state index contributed by atoms with van der Waals surface area (Å²) < 4.78 is 7.05. The van der Waals surface area contributed by atoms with E-state index in [1.165, 1.54) is 0 Å². The van der Waals surface area contributed by atoms with Gasteiger partial charge in [-0.2, -0.15) is 0 Å². The maximum absolute atomic E-state index is 12.5. The van der Waals surface area contributed by atoms with Crippen LogP contribution >= 0.6 is 0 Å². The molecule has 7 heteroatoms. The first-order valence-corrected chi connectivity index (χ1v) is 7.11. The highest BCUT2D eigenvalue weighted by molar-refractivity contribution is 6.08. The van der Waals surface area contributed by atoms with Crippen molar-refractivity contribution in [1.82, 2.24) is 19.7 Å². The summed E-state index contributed by atoms with van der Waals surface area (Å²) in [5.74, 6) is 1.65. The highest BCUT2D eigenvalue weighted by atomic mass is 16.5. The van der Waals surface area contributed by atoms with Crippen molar-refractivity contribution < 1.29 is 9.32 Å². The van der Waals surface area contributed by atoms with Crippen LogP contribution in [0.3, 0.4) is 0 Å². The van der Waals surface area contributed by atoms with Crippen LogP contribution in [0, 0.1) is 6.92 Å². The molecule has 0 radical (unpaired) electrons. The summed E-state index contributed by atoms with van der Waals surface area (Å²) in [7, 11) is 0. The number of aryl methyl sites for hydroxylation is 1. The van der Waals surface area contributed by atoms with Gasteiger partial charge in [-0.3, -0.25) is 4.79 Å². The van der Waals surface area contributed by atoms with Gasteiger partial charge in [-0.25, -0.2) is 4.98 Å². The Kier molecular flexibility index (Phi) is 2.69. The van der Waals surface area contributed by atoms with Gasteiger partial charge in [0.15, 0.2) is 5.82 Å². The van der Waals surface area contributed by atoms with Crippen LogP contribution in [-0.4, -0.2) is 25.6 Å². The molecule has 7 nitrogen and oxygen atoms in total. The molecule has 2 N–H and O–H groups in total. The molecular formula is C15H15N5O2. The van der Waals surface area contributed by atoms with Crippen molar-refractivity contribution in [3.63, 3.8) is 0 Å². The quantitative estimate of drug-likeness (QED) is 0.760. The molecule has 1 aliphatic rings. The molecule has 1 amide bonds. The van der Waals surface area contributed by atoms with Crippen molar-refractivity contribution in [2.24, 2.45) is 0 Å². The minimum Gasteiger partial charge on any atom is -0.364 e. The molecule has 4 rings (SSSR count). The van der Waals surface area contributed by atoms with E-state index < -0.39 is 0 Å². The number of nitrogens with zero attached hydrogens (tertiary/aromatic N) is 3. The Labute approximate surface area is 126 Å². The van der Waals surface area contributed by atoms with Crippen molar-refractivity contribution in [1.29, 1.82) is 0 Å². The van der Waals surface area contributed by atoms with E-state index in [9.17, 15) is 4.79 Å². The van der Waals surface area contributed by atoms with Crippen molar-refractivity contribution in [2.45, 2.75) is 26.3 Å². The average Bonchev–Trinajstić information content (AvgIpc) is 3.17. The smallest absolute Gasteiger partial charge is 0.259 e. The number of nitrogens with one attached hydrogen (secondary N) is 2. The molecule has 0 spiro atoms. The summed E-state index contributed by atoms with van der Waals surface area (Å²) in [5, 5.41) is 6.53. The van der Waals surface area contributed by atoms with Gasteiger partial charge in [0.25, 0.3) is 5.91 Å². The van der Waals surface area contributed by atoms with E-state index in [0.29, 0.717) is 23.2 Å². The maximum atomic E-state index is 12.5. The first kappa shape index (κ1) is 12.9. The summed E-state index contributed by atoms with van der Waals surface area (Å²) >= 11 is 0. The van der Waals surface area contributed by atoms with Crippen molar-refractivity contribution in [2.75, 3.05) is 5.32 Å². The minimum absolute atomic E-state index is 0.227. The van der Waals surface area contributed by atoms with Gasteiger partial charge in [0.2, 0.25) is 0 Å². The molecule has 3 aromatic heterocycles. The Hall–Kier alpha value is -2.83. The molecule has 0 unspecified atom stereocenters. The van der Waals surface area contributed by atoms with Gasteiger partial charge in [-0.1, -0.05) is 5.16 Å². The largest absolute Gasteiger partial charge is 0.364 e. The van der Waals surface area contributed by atoms with E-state index in [1.54, 1.807) is 25.4 Å². The predicted octanol–water partition coefficient (Wildman–Crippen LogP) is 2.54. The number of carbonyl (C=O) groups is 1. The van der Waals surface area contributed by atoms with E-state index in [0.717, 1.165) is 23.5 Å². The van der Waals surface area contributed by atoms with Crippen LogP contribution in [-0.2, 0) is 6.42 Å². The van der Waals surface area contributed by atoms with Gasteiger partial charge in [0, 0.05) is 42.8 Å². The Morgan fingerprint density at radius 1 is 1.55 bits per heavy atom. The number of amides is 1. The fraction of sp³-hybridized carbons (Fsp3) is 0.267. The van der Waals surface area contributed by atoms with E-state index in [4.69, 9.17) is 4.52 Å². The van der Waals surface area contributed by atoms with E-state index in [-0.39, 0.29) is 5.91 Å². The Morgan fingerprint density at radius 3 is 3.18 bits per heavy atom. The lowest BCUT2D eigenvalue weighted by Gasteiger charge is -2.22. The number of fused-ring (bicyclic) bond motifs is 3. The number of H-pyrrole nitrogens is 1. The predicted molar refractivity (Wildman–Crippen MR) is 79.6 cm³/mol. The molecule has 3 aromatic rings. The fourth-order valence-corrected chi connectivity index (χ4v) is 2.93. The van der Waals surface area contributed by atoms with Crippen LogP contribution in [0.5, 0.6) is 0 Å². The van der Waals surface area contributed by atoms with Crippen LogP contribution in [0.15, 0.2) is 29.2 Å². The fourth-order valence-electron chi connectivity index (χ4n) is 2.93. The standard InChI is InChI=1S/C15H15N5O2/c1-8-5-11-13(14-16-3-4-20(8)14)10(7-17-11)15(21)18-12-6-9(2)22-19-12/h3-4,6-8,17H,5H2,1-2H3,(H,18,19,21)/t8-/m1/s1. The summed E-state index contributed by atoms with van der Waals surface area (Å²) in [6, 6.07) is 2.00. The molecule has 112 valence electrons. The number of imidazole rings is 1. The molecule has 1 atom stereocenters. The molecular weight excluding hydrogens is 282 g/mol. The first-order chi connectivity index (χ1) is 10.6. The Balaban J connectivity index is 1.72. The molecule has 0 saturated heterocycles.